The summed E-state index contributed by atoms with van der Waals surface area (Å²) < 4.78 is 0. The van der Waals surface area contributed by atoms with E-state index in [1.54, 1.807) is 6.20 Å². The van der Waals surface area contributed by atoms with Crippen molar-refractivity contribution in [1.29, 1.82) is 0 Å². The van der Waals surface area contributed by atoms with Crippen LogP contribution >= 0.6 is 0 Å². The summed E-state index contributed by atoms with van der Waals surface area (Å²) in [5, 5.41) is 3.40. The summed E-state index contributed by atoms with van der Waals surface area (Å²) in [6, 6.07) is 16.1. The van der Waals surface area contributed by atoms with E-state index in [1.165, 1.54) is 0 Å². The van der Waals surface area contributed by atoms with Gasteiger partial charge in [0.2, 0.25) is 0 Å². The SMILES string of the molecule is CCN(CC)c1cc(NCc2cccnc2)nc(-c2ccccc2)n1. The molecule has 0 saturated carbocycles. The zero-order chi connectivity index (χ0) is 17.5. The number of benzene rings is 1. The molecule has 2 aromatic heterocycles. The second kappa shape index (κ2) is 8.24. The minimum absolute atomic E-state index is 0.677. The quantitative estimate of drug-likeness (QED) is 0.708. The first-order valence-electron chi connectivity index (χ1n) is 8.62. The van der Waals surface area contributed by atoms with Gasteiger partial charge in [-0.05, 0) is 25.5 Å². The molecule has 25 heavy (non-hydrogen) atoms. The molecule has 1 N–H and O–H groups in total. The van der Waals surface area contributed by atoms with Crippen LogP contribution in [0.3, 0.4) is 0 Å². The smallest absolute Gasteiger partial charge is 0.163 e. The van der Waals surface area contributed by atoms with Crippen molar-refractivity contribution in [2.75, 3.05) is 23.3 Å². The zero-order valence-electron chi connectivity index (χ0n) is 14.7. The Hall–Kier alpha value is -2.95. The average Bonchev–Trinajstić information content (AvgIpc) is 2.69. The third-order valence-electron chi connectivity index (χ3n) is 4.03. The lowest BCUT2D eigenvalue weighted by atomic mass is 10.2. The molecule has 0 radical (unpaired) electrons. The molecule has 5 heteroatoms. The van der Waals surface area contributed by atoms with E-state index in [0.29, 0.717) is 6.54 Å². The predicted octanol–water partition coefficient (Wildman–Crippen LogP) is 4.00. The molecule has 128 valence electrons. The Morgan fingerprint density at radius 3 is 2.44 bits per heavy atom. The maximum absolute atomic E-state index is 4.76. The maximum Gasteiger partial charge on any atom is 0.163 e. The zero-order valence-corrected chi connectivity index (χ0v) is 14.7. The highest BCUT2D eigenvalue weighted by Gasteiger charge is 2.10. The van der Waals surface area contributed by atoms with E-state index in [4.69, 9.17) is 9.97 Å². The van der Waals surface area contributed by atoms with Gasteiger partial charge in [-0.3, -0.25) is 4.98 Å². The van der Waals surface area contributed by atoms with Crippen molar-refractivity contribution < 1.29 is 0 Å². The molecule has 0 fully saturated rings. The Balaban J connectivity index is 1.92. The van der Waals surface area contributed by atoms with Crippen molar-refractivity contribution in [1.82, 2.24) is 15.0 Å². The van der Waals surface area contributed by atoms with Crippen LogP contribution in [0.1, 0.15) is 19.4 Å². The van der Waals surface area contributed by atoms with E-state index in [2.05, 4.69) is 29.0 Å². The van der Waals surface area contributed by atoms with Crippen LogP contribution in [0, 0.1) is 0 Å². The molecule has 0 bridgehead atoms. The van der Waals surface area contributed by atoms with Gasteiger partial charge in [0.25, 0.3) is 0 Å². The van der Waals surface area contributed by atoms with Gasteiger partial charge in [-0.25, -0.2) is 9.97 Å². The number of pyridine rings is 1. The average molecular weight is 333 g/mol. The van der Waals surface area contributed by atoms with E-state index >= 15 is 0 Å². The summed E-state index contributed by atoms with van der Waals surface area (Å²) in [6.07, 6.45) is 3.64. The first-order valence-corrected chi connectivity index (χ1v) is 8.62. The first-order chi connectivity index (χ1) is 12.3. The predicted molar refractivity (Wildman–Crippen MR) is 103 cm³/mol. The van der Waals surface area contributed by atoms with Crippen LogP contribution in [0.5, 0.6) is 0 Å². The molecule has 2 heterocycles. The topological polar surface area (TPSA) is 53.9 Å². The molecule has 0 saturated heterocycles. The summed E-state index contributed by atoms with van der Waals surface area (Å²) >= 11 is 0. The minimum Gasteiger partial charge on any atom is -0.366 e. The van der Waals surface area contributed by atoms with Gasteiger partial charge >= 0.3 is 0 Å². The number of anilines is 2. The number of hydrogen-bond acceptors (Lipinski definition) is 5. The monoisotopic (exact) mass is 333 g/mol. The third-order valence-corrected chi connectivity index (χ3v) is 4.03. The van der Waals surface area contributed by atoms with Crippen molar-refractivity contribution >= 4 is 11.6 Å². The fraction of sp³-hybridized carbons (Fsp3) is 0.250. The first kappa shape index (κ1) is 16.9. The van der Waals surface area contributed by atoms with E-state index in [-0.39, 0.29) is 0 Å². The van der Waals surface area contributed by atoms with Crippen LogP contribution in [0.4, 0.5) is 11.6 Å². The van der Waals surface area contributed by atoms with Crippen LogP contribution in [0.2, 0.25) is 0 Å². The minimum atomic E-state index is 0.677. The van der Waals surface area contributed by atoms with Gasteiger partial charge in [-0.1, -0.05) is 36.4 Å². The van der Waals surface area contributed by atoms with Crippen molar-refractivity contribution in [3.63, 3.8) is 0 Å². The molecule has 0 amide bonds. The molecule has 0 spiro atoms. The van der Waals surface area contributed by atoms with Gasteiger partial charge in [0.1, 0.15) is 11.6 Å². The second-order valence-electron chi connectivity index (χ2n) is 5.69. The molecular weight excluding hydrogens is 310 g/mol. The van der Waals surface area contributed by atoms with Gasteiger partial charge in [0, 0.05) is 43.7 Å². The molecule has 5 nitrogen and oxygen atoms in total. The second-order valence-corrected chi connectivity index (χ2v) is 5.69. The van der Waals surface area contributed by atoms with Crippen LogP contribution in [0.15, 0.2) is 60.9 Å². The highest BCUT2D eigenvalue weighted by molar-refractivity contribution is 5.61. The molecule has 0 unspecified atom stereocenters. The Kier molecular flexibility index (Phi) is 5.57. The third kappa shape index (κ3) is 4.32. The Morgan fingerprint density at radius 2 is 1.76 bits per heavy atom. The number of nitrogens with zero attached hydrogens (tertiary/aromatic N) is 4. The van der Waals surface area contributed by atoms with Crippen LogP contribution in [-0.2, 0) is 6.54 Å². The summed E-state index contributed by atoms with van der Waals surface area (Å²) in [4.78, 5) is 15.8. The summed E-state index contributed by atoms with van der Waals surface area (Å²) in [5.41, 5.74) is 2.13. The van der Waals surface area contributed by atoms with Gasteiger partial charge < -0.3 is 10.2 Å². The summed E-state index contributed by atoms with van der Waals surface area (Å²) in [5.74, 6) is 2.49. The van der Waals surface area contributed by atoms with E-state index in [9.17, 15) is 0 Å². The Bertz CT molecular complexity index is 786. The van der Waals surface area contributed by atoms with Crippen molar-refractivity contribution in [3.8, 4) is 11.4 Å². The molecule has 0 aliphatic rings. The van der Waals surface area contributed by atoms with E-state index in [1.807, 2.05) is 54.7 Å². The van der Waals surface area contributed by atoms with Crippen LogP contribution in [0.25, 0.3) is 11.4 Å². The van der Waals surface area contributed by atoms with Gasteiger partial charge in [0.05, 0.1) is 0 Å². The van der Waals surface area contributed by atoms with Gasteiger partial charge in [0.15, 0.2) is 5.82 Å². The molecule has 0 atom stereocenters. The number of hydrogen-bond donors (Lipinski definition) is 1. The Morgan fingerprint density at radius 1 is 0.960 bits per heavy atom. The fourth-order valence-corrected chi connectivity index (χ4v) is 2.65. The molecular formula is C20H23N5. The van der Waals surface area contributed by atoms with E-state index in [0.717, 1.165) is 41.7 Å². The molecule has 3 aromatic rings. The van der Waals surface area contributed by atoms with Crippen LogP contribution in [-0.4, -0.2) is 28.0 Å². The van der Waals surface area contributed by atoms with Crippen molar-refractivity contribution in [2.24, 2.45) is 0 Å². The lowest BCUT2D eigenvalue weighted by Gasteiger charge is -2.21. The highest BCUT2D eigenvalue weighted by atomic mass is 15.2. The fourth-order valence-electron chi connectivity index (χ4n) is 2.65. The van der Waals surface area contributed by atoms with Gasteiger partial charge in [-0.2, -0.15) is 0 Å². The molecule has 0 aliphatic carbocycles. The number of rotatable bonds is 7. The standard InChI is InChI=1S/C20H23N5/c1-3-25(4-2)19-13-18(22-15-16-9-8-12-21-14-16)23-20(24-19)17-10-6-5-7-11-17/h5-14H,3-4,15H2,1-2H3,(H,22,23,24). The molecule has 3 rings (SSSR count). The Labute approximate surface area is 148 Å². The van der Waals surface area contributed by atoms with Gasteiger partial charge in [-0.15, -0.1) is 0 Å². The molecule has 1 aromatic carbocycles. The normalized spacial score (nSPS) is 10.5. The van der Waals surface area contributed by atoms with Crippen molar-refractivity contribution in [3.05, 3.63) is 66.5 Å². The van der Waals surface area contributed by atoms with Crippen LogP contribution < -0.4 is 10.2 Å². The maximum atomic E-state index is 4.76. The van der Waals surface area contributed by atoms with Crippen molar-refractivity contribution in [2.45, 2.75) is 20.4 Å². The largest absolute Gasteiger partial charge is 0.366 e. The molecule has 0 aliphatic heterocycles. The lowest BCUT2D eigenvalue weighted by molar-refractivity contribution is 0.842. The number of nitrogens with one attached hydrogen (secondary N) is 1. The van der Waals surface area contributed by atoms with E-state index < -0.39 is 0 Å². The lowest BCUT2D eigenvalue weighted by Crippen LogP contribution is -2.23. The summed E-state index contributed by atoms with van der Waals surface area (Å²) in [6.45, 7) is 6.76. The highest BCUT2D eigenvalue weighted by Crippen LogP contribution is 2.22. The number of aromatic nitrogens is 3. The summed E-state index contributed by atoms with van der Waals surface area (Å²) in [7, 11) is 0.